The number of benzene rings is 1. The van der Waals surface area contributed by atoms with Crippen molar-refractivity contribution in [3.63, 3.8) is 0 Å². The fourth-order valence-corrected chi connectivity index (χ4v) is 2.91. The van der Waals surface area contributed by atoms with Gasteiger partial charge in [0.1, 0.15) is 5.82 Å². The lowest BCUT2D eigenvalue weighted by Gasteiger charge is -2.26. The van der Waals surface area contributed by atoms with Crippen molar-refractivity contribution in [3.05, 3.63) is 21.5 Å². The molecule has 0 radical (unpaired) electrons. The van der Waals surface area contributed by atoms with E-state index in [4.69, 9.17) is 5.73 Å². The minimum atomic E-state index is -0.254. The van der Waals surface area contributed by atoms with Gasteiger partial charge in [0.05, 0.1) is 21.0 Å². The lowest BCUT2D eigenvalue weighted by atomic mass is 9.87. The van der Waals surface area contributed by atoms with Crippen LogP contribution in [0.1, 0.15) is 25.7 Å². The standard InChI is InChI=1S/C13H18FIN2O/c14-10-5-13(12(16)6-11(10)15)17-7-8-2-1-3-9(18)4-8/h5-6,8-9,17-18H,1-4,7,16H2. The highest BCUT2D eigenvalue weighted by Gasteiger charge is 2.20. The first kappa shape index (κ1) is 13.9. The van der Waals surface area contributed by atoms with Crippen LogP contribution in [0.2, 0.25) is 0 Å². The molecule has 18 heavy (non-hydrogen) atoms. The van der Waals surface area contributed by atoms with Gasteiger partial charge in [0.2, 0.25) is 0 Å². The van der Waals surface area contributed by atoms with E-state index in [2.05, 4.69) is 5.32 Å². The molecule has 0 heterocycles. The van der Waals surface area contributed by atoms with E-state index in [0.29, 0.717) is 20.9 Å². The molecule has 1 aliphatic rings. The normalized spacial score (nSPS) is 23.9. The van der Waals surface area contributed by atoms with Crippen molar-refractivity contribution in [2.75, 3.05) is 17.6 Å². The van der Waals surface area contributed by atoms with Crippen LogP contribution in [-0.2, 0) is 0 Å². The zero-order chi connectivity index (χ0) is 13.1. The second kappa shape index (κ2) is 6.06. The number of halogens is 2. The molecule has 2 rings (SSSR count). The number of rotatable bonds is 3. The van der Waals surface area contributed by atoms with Crippen LogP contribution in [0, 0.1) is 15.3 Å². The van der Waals surface area contributed by atoms with Crippen LogP contribution in [0.15, 0.2) is 12.1 Å². The van der Waals surface area contributed by atoms with Gasteiger partial charge in [-0.2, -0.15) is 0 Å². The summed E-state index contributed by atoms with van der Waals surface area (Å²) in [5.41, 5.74) is 7.06. The van der Waals surface area contributed by atoms with Gasteiger partial charge in [-0.1, -0.05) is 6.42 Å². The summed E-state index contributed by atoms with van der Waals surface area (Å²) in [6.45, 7) is 0.737. The third-order valence-electron chi connectivity index (χ3n) is 3.43. The largest absolute Gasteiger partial charge is 0.397 e. The van der Waals surface area contributed by atoms with Gasteiger partial charge in [-0.3, -0.25) is 0 Å². The summed E-state index contributed by atoms with van der Waals surface area (Å²) in [5, 5.41) is 12.8. The van der Waals surface area contributed by atoms with Crippen molar-refractivity contribution in [2.24, 2.45) is 5.92 Å². The van der Waals surface area contributed by atoms with Crippen LogP contribution in [0.25, 0.3) is 0 Å². The van der Waals surface area contributed by atoms with E-state index in [1.807, 2.05) is 22.6 Å². The van der Waals surface area contributed by atoms with Crippen molar-refractivity contribution >= 4 is 34.0 Å². The number of aliphatic hydroxyl groups excluding tert-OH is 1. The number of hydrogen-bond donors (Lipinski definition) is 3. The maximum Gasteiger partial charge on any atom is 0.138 e. The Bertz CT molecular complexity index is 428. The van der Waals surface area contributed by atoms with Crippen LogP contribution in [-0.4, -0.2) is 17.8 Å². The van der Waals surface area contributed by atoms with E-state index in [9.17, 15) is 9.50 Å². The Hall–Kier alpha value is -0.560. The molecule has 4 N–H and O–H groups in total. The summed E-state index contributed by atoms with van der Waals surface area (Å²) in [7, 11) is 0. The molecular formula is C13H18FIN2O. The van der Waals surface area contributed by atoms with Crippen molar-refractivity contribution in [1.29, 1.82) is 0 Å². The second-order valence-electron chi connectivity index (χ2n) is 4.92. The summed E-state index contributed by atoms with van der Waals surface area (Å²) in [4.78, 5) is 0. The highest BCUT2D eigenvalue weighted by Crippen LogP contribution is 2.27. The smallest absolute Gasteiger partial charge is 0.138 e. The molecule has 0 aliphatic heterocycles. The van der Waals surface area contributed by atoms with Crippen LogP contribution in [0.5, 0.6) is 0 Å². The van der Waals surface area contributed by atoms with E-state index >= 15 is 0 Å². The topological polar surface area (TPSA) is 58.3 Å². The molecule has 1 fully saturated rings. The van der Waals surface area contributed by atoms with E-state index in [-0.39, 0.29) is 11.9 Å². The Kier molecular flexibility index (Phi) is 4.66. The van der Waals surface area contributed by atoms with Crippen molar-refractivity contribution < 1.29 is 9.50 Å². The lowest BCUT2D eigenvalue weighted by molar-refractivity contribution is 0.105. The molecule has 100 valence electrons. The first-order chi connectivity index (χ1) is 8.56. The van der Waals surface area contributed by atoms with Gasteiger partial charge in [0, 0.05) is 12.6 Å². The first-order valence-corrected chi connectivity index (χ1v) is 7.30. The van der Waals surface area contributed by atoms with Gasteiger partial charge in [-0.25, -0.2) is 4.39 Å². The molecule has 1 saturated carbocycles. The predicted octanol–water partition coefficient (Wildman–Crippen LogP) is 2.98. The maximum atomic E-state index is 13.4. The summed E-state index contributed by atoms with van der Waals surface area (Å²) in [5.74, 6) is 0.187. The van der Waals surface area contributed by atoms with Gasteiger partial charge < -0.3 is 16.2 Å². The van der Waals surface area contributed by atoms with E-state index in [1.165, 1.54) is 6.07 Å². The van der Waals surface area contributed by atoms with Crippen LogP contribution < -0.4 is 11.1 Å². The van der Waals surface area contributed by atoms with Crippen molar-refractivity contribution in [2.45, 2.75) is 31.8 Å². The average molecular weight is 364 g/mol. The summed E-state index contributed by atoms with van der Waals surface area (Å²) >= 11 is 1.93. The molecule has 2 atom stereocenters. The van der Waals surface area contributed by atoms with Crippen molar-refractivity contribution in [3.8, 4) is 0 Å². The van der Waals surface area contributed by atoms with E-state index < -0.39 is 0 Å². The maximum absolute atomic E-state index is 13.4. The Labute approximate surface area is 120 Å². The van der Waals surface area contributed by atoms with Gasteiger partial charge in [-0.05, 0) is 53.8 Å². The average Bonchev–Trinajstić information content (AvgIpc) is 2.32. The number of aliphatic hydroxyl groups is 1. The summed E-state index contributed by atoms with van der Waals surface area (Å²) < 4.78 is 14.0. The Morgan fingerprint density at radius 1 is 1.44 bits per heavy atom. The molecule has 1 aliphatic carbocycles. The Morgan fingerprint density at radius 2 is 2.22 bits per heavy atom. The molecule has 5 heteroatoms. The van der Waals surface area contributed by atoms with Crippen molar-refractivity contribution in [1.82, 2.24) is 0 Å². The Morgan fingerprint density at radius 3 is 2.94 bits per heavy atom. The van der Waals surface area contributed by atoms with E-state index in [1.54, 1.807) is 6.07 Å². The molecule has 2 unspecified atom stereocenters. The predicted molar refractivity (Wildman–Crippen MR) is 80.0 cm³/mol. The molecule has 0 aromatic heterocycles. The number of nitrogen functional groups attached to an aromatic ring is 1. The van der Waals surface area contributed by atoms with Crippen LogP contribution in [0.4, 0.5) is 15.8 Å². The SMILES string of the molecule is Nc1cc(I)c(F)cc1NCC1CCCC(O)C1. The lowest BCUT2D eigenvalue weighted by Crippen LogP contribution is -2.25. The van der Waals surface area contributed by atoms with Gasteiger partial charge in [-0.15, -0.1) is 0 Å². The molecule has 0 bridgehead atoms. The molecule has 0 spiro atoms. The quantitative estimate of drug-likeness (QED) is 0.571. The molecule has 0 saturated heterocycles. The highest BCUT2D eigenvalue weighted by atomic mass is 127. The first-order valence-electron chi connectivity index (χ1n) is 6.22. The zero-order valence-electron chi connectivity index (χ0n) is 10.1. The number of anilines is 2. The minimum absolute atomic E-state index is 0.184. The van der Waals surface area contributed by atoms with Gasteiger partial charge >= 0.3 is 0 Å². The third-order valence-corrected chi connectivity index (χ3v) is 4.26. The van der Waals surface area contributed by atoms with Crippen LogP contribution >= 0.6 is 22.6 Å². The van der Waals surface area contributed by atoms with E-state index in [0.717, 1.165) is 32.2 Å². The molecule has 3 nitrogen and oxygen atoms in total. The molecular weight excluding hydrogens is 346 g/mol. The fraction of sp³-hybridized carbons (Fsp3) is 0.538. The summed E-state index contributed by atoms with van der Waals surface area (Å²) in [6, 6.07) is 3.07. The second-order valence-corrected chi connectivity index (χ2v) is 6.08. The zero-order valence-corrected chi connectivity index (χ0v) is 12.3. The number of nitrogens with one attached hydrogen (secondary N) is 1. The number of nitrogens with two attached hydrogens (primary N) is 1. The summed E-state index contributed by atoms with van der Waals surface area (Å²) in [6.07, 6.45) is 3.70. The van der Waals surface area contributed by atoms with Gasteiger partial charge in [0.25, 0.3) is 0 Å². The fourth-order valence-electron chi connectivity index (χ4n) is 2.42. The minimum Gasteiger partial charge on any atom is -0.397 e. The van der Waals surface area contributed by atoms with Crippen LogP contribution in [0.3, 0.4) is 0 Å². The monoisotopic (exact) mass is 364 g/mol. The highest BCUT2D eigenvalue weighted by molar-refractivity contribution is 14.1. The number of hydrogen-bond acceptors (Lipinski definition) is 3. The van der Waals surface area contributed by atoms with Gasteiger partial charge in [0.15, 0.2) is 0 Å². The Balaban J connectivity index is 1.95. The molecule has 1 aromatic carbocycles. The molecule has 0 amide bonds. The molecule has 1 aromatic rings. The third kappa shape index (κ3) is 3.47.